The van der Waals surface area contributed by atoms with E-state index in [1.54, 1.807) is 30.3 Å². The summed E-state index contributed by atoms with van der Waals surface area (Å²) in [4.78, 5) is 37.1. The van der Waals surface area contributed by atoms with E-state index in [0.29, 0.717) is 30.6 Å². The molecule has 1 aliphatic rings. The number of rotatable bonds is 6. The fraction of sp³-hybridized carbons (Fsp3) is 0.565. The minimum atomic E-state index is -1.08. The molecule has 180 valence electrons. The van der Waals surface area contributed by atoms with Crippen LogP contribution in [0.3, 0.4) is 0 Å². The Balaban J connectivity index is 1.91. The SMILES string of the molecule is COCCOc1ncc2c(N3C[C@H](C)N(C(=O)OC(C)(C)C)[C@@H](C)C3)ccc(C(=O)O)c2n1. The van der Waals surface area contributed by atoms with Crippen LogP contribution in [0.15, 0.2) is 18.3 Å². The lowest BCUT2D eigenvalue weighted by atomic mass is 10.0. The van der Waals surface area contributed by atoms with Crippen molar-refractivity contribution in [2.75, 3.05) is 38.3 Å². The molecule has 1 amide bonds. The zero-order valence-electron chi connectivity index (χ0n) is 20.0. The molecule has 1 aromatic heterocycles. The van der Waals surface area contributed by atoms with Gasteiger partial charge >= 0.3 is 18.1 Å². The van der Waals surface area contributed by atoms with E-state index in [1.165, 1.54) is 0 Å². The van der Waals surface area contributed by atoms with Crippen molar-refractivity contribution in [2.24, 2.45) is 0 Å². The van der Waals surface area contributed by atoms with Gasteiger partial charge in [-0.15, -0.1) is 0 Å². The van der Waals surface area contributed by atoms with Gasteiger partial charge in [-0.2, -0.15) is 4.98 Å². The van der Waals surface area contributed by atoms with E-state index in [9.17, 15) is 14.7 Å². The number of methoxy groups -OCH3 is 1. The van der Waals surface area contributed by atoms with Gasteiger partial charge in [-0.3, -0.25) is 4.90 Å². The Kier molecular flexibility index (Phi) is 7.26. The van der Waals surface area contributed by atoms with Gasteiger partial charge in [0, 0.05) is 37.5 Å². The minimum absolute atomic E-state index is 0.0706. The van der Waals surface area contributed by atoms with Crippen molar-refractivity contribution >= 4 is 28.7 Å². The van der Waals surface area contributed by atoms with Gasteiger partial charge in [0.15, 0.2) is 0 Å². The van der Waals surface area contributed by atoms with Crippen molar-refractivity contribution in [3.8, 4) is 6.01 Å². The Morgan fingerprint density at radius 2 is 1.82 bits per heavy atom. The molecule has 1 aliphatic heterocycles. The molecule has 2 heterocycles. The van der Waals surface area contributed by atoms with E-state index in [4.69, 9.17) is 14.2 Å². The summed E-state index contributed by atoms with van der Waals surface area (Å²) in [6.07, 6.45) is 1.25. The molecule has 33 heavy (non-hydrogen) atoms. The summed E-state index contributed by atoms with van der Waals surface area (Å²) < 4.78 is 16.0. The van der Waals surface area contributed by atoms with Crippen LogP contribution >= 0.6 is 0 Å². The first-order valence-electron chi connectivity index (χ1n) is 10.9. The predicted octanol–water partition coefficient (Wildman–Crippen LogP) is 3.19. The topological polar surface area (TPSA) is 114 Å². The van der Waals surface area contributed by atoms with E-state index in [1.807, 2.05) is 34.6 Å². The van der Waals surface area contributed by atoms with Crippen molar-refractivity contribution in [1.29, 1.82) is 0 Å². The van der Waals surface area contributed by atoms with Gasteiger partial charge in [-0.05, 0) is 46.8 Å². The smallest absolute Gasteiger partial charge is 0.410 e. The monoisotopic (exact) mass is 460 g/mol. The van der Waals surface area contributed by atoms with Gasteiger partial charge in [0.25, 0.3) is 0 Å². The quantitative estimate of drug-likeness (QED) is 0.649. The molecule has 3 rings (SSSR count). The highest BCUT2D eigenvalue weighted by molar-refractivity contribution is 6.06. The fourth-order valence-corrected chi connectivity index (χ4v) is 4.02. The number of carboxylic acids is 1. The second-order valence-corrected chi connectivity index (χ2v) is 9.18. The first-order chi connectivity index (χ1) is 15.5. The number of piperazine rings is 1. The van der Waals surface area contributed by atoms with Gasteiger partial charge in [0.1, 0.15) is 12.2 Å². The summed E-state index contributed by atoms with van der Waals surface area (Å²) in [6.45, 7) is 11.2. The fourth-order valence-electron chi connectivity index (χ4n) is 4.02. The summed E-state index contributed by atoms with van der Waals surface area (Å²) in [7, 11) is 1.56. The molecule has 10 nitrogen and oxygen atoms in total. The number of hydrogen-bond acceptors (Lipinski definition) is 8. The number of ether oxygens (including phenoxy) is 3. The first kappa shape index (κ1) is 24.5. The lowest BCUT2D eigenvalue weighted by Gasteiger charge is -2.45. The van der Waals surface area contributed by atoms with Crippen molar-refractivity contribution in [3.05, 3.63) is 23.9 Å². The van der Waals surface area contributed by atoms with Crippen molar-refractivity contribution in [3.63, 3.8) is 0 Å². The van der Waals surface area contributed by atoms with Crippen LogP contribution in [-0.2, 0) is 9.47 Å². The standard InChI is InChI=1S/C23H32N4O6/c1-14-12-26(13-15(2)27(14)22(30)33-23(3,4)5)18-8-7-16(20(28)29)19-17(18)11-24-21(25-19)32-10-9-31-6/h7-8,11,14-15H,9-10,12-13H2,1-6H3,(H,28,29)/t14-,15-/m0/s1. The summed E-state index contributed by atoms with van der Waals surface area (Å²) in [6, 6.07) is 3.17. The van der Waals surface area contributed by atoms with Crippen LogP contribution in [0, 0.1) is 0 Å². The number of fused-ring (bicyclic) bond motifs is 1. The third-order valence-electron chi connectivity index (χ3n) is 5.32. The van der Waals surface area contributed by atoms with Gasteiger partial charge in [0.05, 0.1) is 29.8 Å². The first-order valence-corrected chi connectivity index (χ1v) is 10.9. The van der Waals surface area contributed by atoms with Crippen LogP contribution in [0.2, 0.25) is 0 Å². The number of carbonyl (C=O) groups excluding carboxylic acids is 1. The van der Waals surface area contributed by atoms with Gasteiger partial charge < -0.3 is 24.2 Å². The highest BCUT2D eigenvalue weighted by atomic mass is 16.6. The maximum Gasteiger partial charge on any atom is 0.410 e. The molecule has 1 N–H and O–H groups in total. The molecule has 1 saturated heterocycles. The zero-order valence-corrected chi connectivity index (χ0v) is 20.0. The minimum Gasteiger partial charge on any atom is -0.478 e. The van der Waals surface area contributed by atoms with Crippen LogP contribution in [0.4, 0.5) is 10.5 Å². The average molecular weight is 461 g/mol. The van der Waals surface area contributed by atoms with Crippen molar-refractivity contribution in [1.82, 2.24) is 14.9 Å². The summed E-state index contributed by atoms with van der Waals surface area (Å²) in [5, 5.41) is 10.3. The number of aromatic nitrogens is 2. The summed E-state index contributed by atoms with van der Waals surface area (Å²) >= 11 is 0. The molecule has 0 spiro atoms. The number of anilines is 1. The molecule has 10 heteroatoms. The highest BCUT2D eigenvalue weighted by Gasteiger charge is 2.36. The third-order valence-corrected chi connectivity index (χ3v) is 5.32. The Bertz CT molecular complexity index is 1010. The molecule has 0 bridgehead atoms. The predicted molar refractivity (Wildman–Crippen MR) is 123 cm³/mol. The van der Waals surface area contributed by atoms with Gasteiger partial charge in [-0.1, -0.05) is 0 Å². The molecular weight excluding hydrogens is 428 g/mol. The molecule has 1 aromatic carbocycles. The van der Waals surface area contributed by atoms with E-state index < -0.39 is 11.6 Å². The number of hydrogen-bond donors (Lipinski definition) is 1. The molecule has 2 atom stereocenters. The van der Waals surface area contributed by atoms with Gasteiger partial charge in [0.2, 0.25) is 0 Å². The van der Waals surface area contributed by atoms with Crippen LogP contribution in [0.25, 0.3) is 10.9 Å². The van der Waals surface area contributed by atoms with Crippen LogP contribution in [0.1, 0.15) is 45.0 Å². The lowest BCUT2D eigenvalue weighted by Crippen LogP contribution is -2.59. The van der Waals surface area contributed by atoms with E-state index in [0.717, 1.165) is 5.69 Å². The maximum atomic E-state index is 12.7. The van der Waals surface area contributed by atoms with Crippen molar-refractivity contribution < 1.29 is 28.9 Å². The molecule has 1 fully saturated rings. The molecule has 2 aromatic rings. The number of benzene rings is 1. The highest BCUT2D eigenvalue weighted by Crippen LogP contribution is 2.32. The third kappa shape index (κ3) is 5.62. The molecule has 0 saturated carbocycles. The Labute approximate surface area is 193 Å². The van der Waals surface area contributed by atoms with Crippen LogP contribution < -0.4 is 9.64 Å². The van der Waals surface area contributed by atoms with Gasteiger partial charge in [-0.25, -0.2) is 14.6 Å². The van der Waals surface area contributed by atoms with E-state index >= 15 is 0 Å². The average Bonchev–Trinajstić information content (AvgIpc) is 2.71. The molecular formula is C23H32N4O6. The number of nitrogens with zero attached hydrogens (tertiary/aromatic N) is 4. The normalized spacial score (nSPS) is 19.0. The number of carboxylic acid groups (broad SMARTS) is 1. The number of carbonyl (C=O) groups is 2. The summed E-state index contributed by atoms with van der Waals surface area (Å²) in [5.41, 5.74) is 0.608. The second kappa shape index (κ2) is 9.78. The second-order valence-electron chi connectivity index (χ2n) is 9.18. The number of amides is 1. The summed E-state index contributed by atoms with van der Waals surface area (Å²) in [5.74, 6) is -1.08. The Hall–Kier alpha value is -3.14. The maximum absolute atomic E-state index is 12.7. The Morgan fingerprint density at radius 3 is 2.39 bits per heavy atom. The lowest BCUT2D eigenvalue weighted by molar-refractivity contribution is 0.00565. The largest absolute Gasteiger partial charge is 0.478 e. The van der Waals surface area contributed by atoms with E-state index in [-0.39, 0.29) is 36.4 Å². The van der Waals surface area contributed by atoms with Crippen molar-refractivity contribution in [2.45, 2.75) is 52.3 Å². The molecule has 0 aliphatic carbocycles. The Morgan fingerprint density at radius 1 is 1.15 bits per heavy atom. The van der Waals surface area contributed by atoms with E-state index in [2.05, 4.69) is 14.9 Å². The number of aromatic carboxylic acids is 1. The molecule has 0 radical (unpaired) electrons. The van der Waals surface area contributed by atoms with Crippen LogP contribution in [0.5, 0.6) is 6.01 Å². The zero-order chi connectivity index (χ0) is 24.3. The molecule has 0 unspecified atom stereocenters. The van der Waals surface area contributed by atoms with Crippen LogP contribution in [-0.4, -0.2) is 83.1 Å².